The largest absolute Gasteiger partial charge is 0.495 e. The maximum atomic E-state index is 12.7. The molecule has 0 saturated heterocycles. The van der Waals surface area contributed by atoms with Gasteiger partial charge in [-0.1, -0.05) is 12.1 Å². The van der Waals surface area contributed by atoms with E-state index in [1.807, 2.05) is 6.07 Å². The third-order valence-corrected chi connectivity index (χ3v) is 2.33. The molecule has 2 aromatic rings. The molecular weight excluding hydrogens is 205 g/mol. The molecule has 2 nitrogen and oxygen atoms in total. The maximum Gasteiger partial charge on any atom is 0.137 e. The van der Waals surface area contributed by atoms with Crippen molar-refractivity contribution in [3.63, 3.8) is 0 Å². The lowest BCUT2D eigenvalue weighted by molar-refractivity contribution is 0.412. The molecule has 0 aliphatic carbocycles. The molecule has 2 rings (SSSR count). The average Bonchev–Trinajstić information content (AvgIpc) is 2.32. The van der Waals surface area contributed by atoms with Crippen LogP contribution in [0.25, 0.3) is 0 Å². The number of benzene rings is 1. The van der Waals surface area contributed by atoms with Crippen molar-refractivity contribution in [3.05, 3.63) is 59.7 Å². The van der Waals surface area contributed by atoms with Gasteiger partial charge in [0.2, 0.25) is 0 Å². The first-order chi connectivity index (χ1) is 7.78. The third kappa shape index (κ3) is 2.57. The molecule has 0 atom stereocenters. The molecule has 0 amide bonds. The summed E-state index contributed by atoms with van der Waals surface area (Å²) >= 11 is 0. The Balaban J connectivity index is 2.16. The van der Waals surface area contributed by atoms with Gasteiger partial charge in [-0.15, -0.1) is 0 Å². The maximum absolute atomic E-state index is 12.7. The zero-order valence-corrected chi connectivity index (χ0v) is 8.98. The van der Waals surface area contributed by atoms with E-state index in [0.717, 1.165) is 23.3 Å². The van der Waals surface area contributed by atoms with Crippen LogP contribution in [-0.4, -0.2) is 12.1 Å². The lowest BCUT2D eigenvalue weighted by atomic mass is 10.1. The minimum Gasteiger partial charge on any atom is -0.495 e. The summed E-state index contributed by atoms with van der Waals surface area (Å²) in [6.45, 7) is 0. The van der Waals surface area contributed by atoms with Gasteiger partial charge in [-0.3, -0.25) is 4.98 Å². The van der Waals surface area contributed by atoms with Crippen molar-refractivity contribution in [1.82, 2.24) is 4.98 Å². The molecule has 82 valence electrons. The number of pyridine rings is 1. The van der Waals surface area contributed by atoms with Crippen LogP contribution in [0.15, 0.2) is 42.7 Å². The summed E-state index contributed by atoms with van der Waals surface area (Å²) in [5.41, 5.74) is 2.10. The van der Waals surface area contributed by atoms with Gasteiger partial charge < -0.3 is 4.74 Å². The molecule has 0 fully saturated rings. The standard InChI is InChI=1S/C13H12FNO/c1-16-13-7-11(8-15-9-13)6-10-2-4-12(14)5-3-10/h2-5,7-9H,6H2,1H3. The lowest BCUT2D eigenvalue weighted by Crippen LogP contribution is -1.91. The van der Waals surface area contributed by atoms with Crippen LogP contribution in [0.4, 0.5) is 4.39 Å². The van der Waals surface area contributed by atoms with Crippen molar-refractivity contribution in [1.29, 1.82) is 0 Å². The molecule has 0 bridgehead atoms. The first-order valence-electron chi connectivity index (χ1n) is 5.00. The van der Waals surface area contributed by atoms with Crippen LogP contribution in [0.3, 0.4) is 0 Å². The highest BCUT2D eigenvalue weighted by Gasteiger charge is 1.99. The van der Waals surface area contributed by atoms with Gasteiger partial charge in [0.15, 0.2) is 0 Å². The van der Waals surface area contributed by atoms with Crippen molar-refractivity contribution in [2.24, 2.45) is 0 Å². The minimum atomic E-state index is -0.215. The van der Waals surface area contributed by atoms with Crippen molar-refractivity contribution in [2.75, 3.05) is 7.11 Å². The molecule has 0 radical (unpaired) electrons. The average molecular weight is 217 g/mol. The molecule has 3 heteroatoms. The second-order valence-electron chi connectivity index (χ2n) is 3.54. The first-order valence-corrected chi connectivity index (χ1v) is 5.00. The summed E-state index contributed by atoms with van der Waals surface area (Å²) in [5.74, 6) is 0.520. The molecule has 0 aliphatic rings. The summed E-state index contributed by atoms with van der Waals surface area (Å²) in [4.78, 5) is 4.07. The molecule has 0 saturated carbocycles. The number of rotatable bonds is 3. The predicted octanol–water partition coefficient (Wildman–Crippen LogP) is 2.82. The third-order valence-electron chi connectivity index (χ3n) is 2.33. The zero-order valence-electron chi connectivity index (χ0n) is 8.98. The van der Waals surface area contributed by atoms with E-state index in [9.17, 15) is 4.39 Å². The Labute approximate surface area is 93.7 Å². The number of ether oxygens (including phenoxy) is 1. The first kappa shape index (κ1) is 10.6. The Bertz CT molecular complexity index is 468. The Morgan fingerprint density at radius 2 is 1.88 bits per heavy atom. The topological polar surface area (TPSA) is 22.1 Å². The van der Waals surface area contributed by atoms with Gasteiger partial charge in [-0.05, 0) is 35.7 Å². The van der Waals surface area contributed by atoms with Crippen molar-refractivity contribution < 1.29 is 9.13 Å². The minimum absolute atomic E-state index is 0.215. The predicted molar refractivity (Wildman–Crippen MR) is 60.0 cm³/mol. The molecule has 16 heavy (non-hydrogen) atoms. The van der Waals surface area contributed by atoms with Gasteiger partial charge in [-0.2, -0.15) is 0 Å². The van der Waals surface area contributed by atoms with Gasteiger partial charge in [0.1, 0.15) is 11.6 Å². The number of halogens is 1. The molecule has 0 aliphatic heterocycles. The molecule has 0 N–H and O–H groups in total. The fraction of sp³-hybridized carbons (Fsp3) is 0.154. The Hall–Kier alpha value is -1.90. The summed E-state index contributed by atoms with van der Waals surface area (Å²) in [6, 6.07) is 8.39. The lowest BCUT2D eigenvalue weighted by Gasteiger charge is -2.04. The molecule has 1 aromatic heterocycles. The highest BCUT2D eigenvalue weighted by atomic mass is 19.1. The smallest absolute Gasteiger partial charge is 0.137 e. The van der Waals surface area contributed by atoms with E-state index in [1.54, 1.807) is 31.6 Å². The highest BCUT2D eigenvalue weighted by molar-refractivity contribution is 5.29. The Kier molecular flexibility index (Phi) is 3.15. The second kappa shape index (κ2) is 4.75. The highest BCUT2D eigenvalue weighted by Crippen LogP contribution is 2.14. The summed E-state index contributed by atoms with van der Waals surface area (Å²) < 4.78 is 17.8. The van der Waals surface area contributed by atoms with E-state index in [2.05, 4.69) is 4.98 Å². The fourth-order valence-corrected chi connectivity index (χ4v) is 1.51. The van der Waals surface area contributed by atoms with Crippen LogP contribution in [0, 0.1) is 5.82 Å². The Morgan fingerprint density at radius 3 is 2.56 bits per heavy atom. The van der Waals surface area contributed by atoms with E-state index in [0.29, 0.717) is 0 Å². The van der Waals surface area contributed by atoms with E-state index in [-0.39, 0.29) is 5.82 Å². The van der Waals surface area contributed by atoms with Crippen molar-refractivity contribution >= 4 is 0 Å². The SMILES string of the molecule is COc1cncc(Cc2ccc(F)cc2)c1. The zero-order chi connectivity index (χ0) is 11.4. The summed E-state index contributed by atoms with van der Waals surface area (Å²) in [6.07, 6.45) is 4.17. The number of nitrogens with zero attached hydrogens (tertiary/aromatic N) is 1. The van der Waals surface area contributed by atoms with Crippen LogP contribution < -0.4 is 4.74 Å². The second-order valence-corrected chi connectivity index (χ2v) is 3.54. The molecule has 0 spiro atoms. The van der Waals surface area contributed by atoms with Crippen LogP contribution >= 0.6 is 0 Å². The fourth-order valence-electron chi connectivity index (χ4n) is 1.51. The normalized spacial score (nSPS) is 10.1. The monoisotopic (exact) mass is 217 g/mol. The Morgan fingerprint density at radius 1 is 1.12 bits per heavy atom. The molecule has 0 unspecified atom stereocenters. The van der Waals surface area contributed by atoms with Crippen LogP contribution in [0.2, 0.25) is 0 Å². The van der Waals surface area contributed by atoms with Crippen LogP contribution in [0.5, 0.6) is 5.75 Å². The summed E-state index contributed by atoms with van der Waals surface area (Å²) in [5, 5.41) is 0. The van der Waals surface area contributed by atoms with Crippen molar-refractivity contribution in [3.8, 4) is 5.75 Å². The van der Waals surface area contributed by atoms with Gasteiger partial charge >= 0.3 is 0 Å². The molecule has 1 heterocycles. The van der Waals surface area contributed by atoms with Gasteiger partial charge in [0.25, 0.3) is 0 Å². The van der Waals surface area contributed by atoms with E-state index < -0.39 is 0 Å². The summed E-state index contributed by atoms with van der Waals surface area (Å²) in [7, 11) is 1.61. The van der Waals surface area contributed by atoms with Gasteiger partial charge in [0.05, 0.1) is 13.3 Å². The quantitative estimate of drug-likeness (QED) is 0.788. The van der Waals surface area contributed by atoms with E-state index in [4.69, 9.17) is 4.74 Å². The van der Waals surface area contributed by atoms with Crippen molar-refractivity contribution in [2.45, 2.75) is 6.42 Å². The number of methoxy groups -OCH3 is 1. The van der Waals surface area contributed by atoms with Crippen LogP contribution in [-0.2, 0) is 6.42 Å². The number of aromatic nitrogens is 1. The van der Waals surface area contributed by atoms with Gasteiger partial charge in [0, 0.05) is 6.20 Å². The van der Waals surface area contributed by atoms with E-state index >= 15 is 0 Å². The van der Waals surface area contributed by atoms with Gasteiger partial charge in [-0.25, -0.2) is 4.39 Å². The number of hydrogen-bond donors (Lipinski definition) is 0. The van der Waals surface area contributed by atoms with Crippen LogP contribution in [0.1, 0.15) is 11.1 Å². The molecular formula is C13H12FNO. The van der Waals surface area contributed by atoms with E-state index in [1.165, 1.54) is 12.1 Å². The molecule has 1 aromatic carbocycles. The number of hydrogen-bond acceptors (Lipinski definition) is 2.